The van der Waals surface area contributed by atoms with Crippen molar-refractivity contribution in [3.05, 3.63) is 34.9 Å². The first-order valence-corrected chi connectivity index (χ1v) is 6.81. The topological polar surface area (TPSA) is 21.3 Å². The van der Waals surface area contributed by atoms with Crippen molar-refractivity contribution in [1.82, 2.24) is 5.32 Å². The van der Waals surface area contributed by atoms with Gasteiger partial charge in [0.2, 0.25) is 0 Å². The van der Waals surface area contributed by atoms with E-state index < -0.39 is 0 Å². The summed E-state index contributed by atoms with van der Waals surface area (Å²) < 4.78 is 5.53. The van der Waals surface area contributed by atoms with Crippen molar-refractivity contribution in [3.63, 3.8) is 0 Å². The first-order chi connectivity index (χ1) is 8.42. The Kier molecular flexibility index (Phi) is 3.44. The lowest BCUT2D eigenvalue weighted by Crippen LogP contribution is -2.30. The molecule has 1 unspecified atom stereocenters. The highest BCUT2D eigenvalue weighted by Gasteiger charge is 2.15. The maximum Gasteiger partial charge on any atom is 0.0719 e. The van der Waals surface area contributed by atoms with Crippen LogP contribution in [0.2, 0.25) is 0 Å². The highest BCUT2D eigenvalue weighted by molar-refractivity contribution is 5.33. The molecule has 0 saturated carbocycles. The zero-order chi connectivity index (χ0) is 11.5. The van der Waals surface area contributed by atoms with Crippen molar-refractivity contribution in [2.45, 2.75) is 32.3 Å². The molecule has 1 aromatic carbocycles. The van der Waals surface area contributed by atoms with Crippen LogP contribution in [0.15, 0.2) is 18.2 Å². The van der Waals surface area contributed by atoms with Gasteiger partial charge in [0.1, 0.15) is 0 Å². The molecule has 2 aliphatic heterocycles. The summed E-state index contributed by atoms with van der Waals surface area (Å²) in [7, 11) is 0. The van der Waals surface area contributed by atoms with Crippen molar-refractivity contribution in [3.8, 4) is 0 Å². The van der Waals surface area contributed by atoms with E-state index in [9.17, 15) is 0 Å². The van der Waals surface area contributed by atoms with Crippen LogP contribution in [-0.4, -0.2) is 19.7 Å². The van der Waals surface area contributed by atoms with Gasteiger partial charge in [-0.3, -0.25) is 0 Å². The Labute approximate surface area is 103 Å². The minimum Gasteiger partial charge on any atom is -0.376 e. The molecule has 0 radical (unpaired) electrons. The predicted molar refractivity (Wildman–Crippen MR) is 69.1 cm³/mol. The Balaban J connectivity index is 1.70. The summed E-state index contributed by atoms with van der Waals surface area (Å²) in [6, 6.07) is 6.99. The molecule has 1 atom stereocenters. The van der Waals surface area contributed by atoms with E-state index in [0.29, 0.717) is 0 Å². The molecule has 17 heavy (non-hydrogen) atoms. The van der Waals surface area contributed by atoms with Gasteiger partial charge in [-0.15, -0.1) is 0 Å². The van der Waals surface area contributed by atoms with Gasteiger partial charge in [-0.05, 0) is 61.4 Å². The van der Waals surface area contributed by atoms with E-state index in [4.69, 9.17) is 4.74 Å². The van der Waals surface area contributed by atoms with Gasteiger partial charge in [0.25, 0.3) is 0 Å². The molecular formula is C15H21NO. The van der Waals surface area contributed by atoms with Crippen LogP contribution in [0, 0.1) is 5.92 Å². The second-order valence-corrected chi connectivity index (χ2v) is 5.32. The molecule has 2 heteroatoms. The average Bonchev–Trinajstić information content (AvgIpc) is 2.40. The zero-order valence-corrected chi connectivity index (χ0v) is 10.4. The van der Waals surface area contributed by atoms with Crippen molar-refractivity contribution in [2.24, 2.45) is 5.92 Å². The number of ether oxygens (including phenoxy) is 1. The molecule has 1 fully saturated rings. The molecule has 1 saturated heterocycles. The van der Waals surface area contributed by atoms with E-state index in [2.05, 4.69) is 23.5 Å². The third-order valence-corrected chi connectivity index (χ3v) is 3.97. The number of piperidine rings is 1. The van der Waals surface area contributed by atoms with Gasteiger partial charge in [0, 0.05) is 0 Å². The third-order valence-electron chi connectivity index (χ3n) is 3.97. The number of fused-ring (bicyclic) bond motifs is 1. The van der Waals surface area contributed by atoms with Gasteiger partial charge in [-0.2, -0.15) is 0 Å². The predicted octanol–water partition coefficient (Wildman–Crippen LogP) is 2.30. The van der Waals surface area contributed by atoms with Crippen molar-refractivity contribution in [1.29, 1.82) is 0 Å². The van der Waals surface area contributed by atoms with Crippen LogP contribution < -0.4 is 5.32 Å². The maximum atomic E-state index is 5.53. The van der Waals surface area contributed by atoms with Gasteiger partial charge in [0.15, 0.2) is 0 Å². The first-order valence-electron chi connectivity index (χ1n) is 6.81. The molecule has 1 aromatic rings. The fourth-order valence-corrected chi connectivity index (χ4v) is 2.98. The summed E-state index contributed by atoms with van der Waals surface area (Å²) in [5.41, 5.74) is 4.39. The molecule has 1 N–H and O–H groups in total. The molecule has 2 aliphatic rings. The van der Waals surface area contributed by atoms with E-state index in [1.54, 1.807) is 0 Å². The Hall–Kier alpha value is -0.860. The van der Waals surface area contributed by atoms with Crippen molar-refractivity contribution >= 4 is 0 Å². The first kappa shape index (κ1) is 11.2. The molecule has 2 heterocycles. The van der Waals surface area contributed by atoms with Gasteiger partial charge >= 0.3 is 0 Å². The van der Waals surface area contributed by atoms with Crippen LogP contribution in [0.5, 0.6) is 0 Å². The minimum atomic E-state index is 0.812. The maximum absolute atomic E-state index is 5.53. The van der Waals surface area contributed by atoms with Crippen LogP contribution in [0.3, 0.4) is 0 Å². The molecule has 0 aromatic heterocycles. The van der Waals surface area contributed by atoms with Crippen LogP contribution >= 0.6 is 0 Å². The molecule has 0 amide bonds. The van der Waals surface area contributed by atoms with E-state index >= 15 is 0 Å². The van der Waals surface area contributed by atoms with Crippen LogP contribution in [0.1, 0.15) is 29.5 Å². The molecular weight excluding hydrogens is 210 g/mol. The third kappa shape index (κ3) is 2.70. The summed E-state index contributed by atoms with van der Waals surface area (Å²) in [6.07, 6.45) is 5.01. The van der Waals surface area contributed by atoms with Crippen molar-refractivity contribution < 1.29 is 4.74 Å². The highest BCUT2D eigenvalue weighted by atomic mass is 16.5. The Morgan fingerprint density at radius 3 is 3.18 bits per heavy atom. The zero-order valence-electron chi connectivity index (χ0n) is 10.4. The molecule has 0 spiro atoms. The lowest BCUT2D eigenvalue weighted by molar-refractivity contribution is 0.110. The number of benzene rings is 1. The lowest BCUT2D eigenvalue weighted by atomic mass is 9.90. The molecule has 2 nitrogen and oxygen atoms in total. The SMILES string of the molecule is c1cc2c(cc1CC1CCCNC1)COCC2. The molecule has 0 bridgehead atoms. The van der Waals surface area contributed by atoms with Gasteiger partial charge in [0.05, 0.1) is 13.2 Å². The molecule has 3 rings (SSSR count). The van der Waals surface area contributed by atoms with Gasteiger partial charge in [-0.25, -0.2) is 0 Å². The monoisotopic (exact) mass is 231 g/mol. The standard InChI is InChI=1S/C15H21NO/c1-2-13(10-16-6-1)8-12-3-4-14-5-7-17-11-15(14)9-12/h3-4,9,13,16H,1-2,5-8,10-11H2. The number of rotatable bonds is 2. The smallest absolute Gasteiger partial charge is 0.0719 e. The summed E-state index contributed by atoms with van der Waals surface area (Å²) in [4.78, 5) is 0. The molecule has 92 valence electrons. The lowest BCUT2D eigenvalue weighted by Gasteiger charge is -2.24. The summed E-state index contributed by atoms with van der Waals surface area (Å²) in [5.74, 6) is 0.825. The number of hydrogen-bond donors (Lipinski definition) is 1. The summed E-state index contributed by atoms with van der Waals surface area (Å²) >= 11 is 0. The quantitative estimate of drug-likeness (QED) is 0.843. The normalized spacial score (nSPS) is 24.4. The summed E-state index contributed by atoms with van der Waals surface area (Å²) in [6.45, 7) is 4.09. The van der Waals surface area contributed by atoms with E-state index in [-0.39, 0.29) is 0 Å². The number of hydrogen-bond acceptors (Lipinski definition) is 2. The van der Waals surface area contributed by atoms with E-state index in [1.165, 1.54) is 49.0 Å². The molecule has 0 aliphatic carbocycles. The Morgan fingerprint density at radius 1 is 1.29 bits per heavy atom. The Bertz CT molecular complexity index is 383. The van der Waals surface area contributed by atoms with E-state index in [1.807, 2.05) is 0 Å². The second kappa shape index (κ2) is 5.19. The van der Waals surface area contributed by atoms with Gasteiger partial charge in [-0.1, -0.05) is 18.2 Å². The van der Waals surface area contributed by atoms with Crippen LogP contribution in [-0.2, 0) is 24.2 Å². The minimum absolute atomic E-state index is 0.812. The average molecular weight is 231 g/mol. The van der Waals surface area contributed by atoms with E-state index in [0.717, 1.165) is 25.6 Å². The van der Waals surface area contributed by atoms with Crippen LogP contribution in [0.4, 0.5) is 0 Å². The Morgan fingerprint density at radius 2 is 2.29 bits per heavy atom. The largest absolute Gasteiger partial charge is 0.376 e. The number of nitrogens with one attached hydrogen (secondary N) is 1. The van der Waals surface area contributed by atoms with Crippen LogP contribution in [0.25, 0.3) is 0 Å². The van der Waals surface area contributed by atoms with Gasteiger partial charge < -0.3 is 10.1 Å². The second-order valence-electron chi connectivity index (χ2n) is 5.32. The highest BCUT2D eigenvalue weighted by Crippen LogP contribution is 2.22. The van der Waals surface area contributed by atoms with Crippen molar-refractivity contribution in [2.75, 3.05) is 19.7 Å². The fourth-order valence-electron chi connectivity index (χ4n) is 2.98. The summed E-state index contributed by atoms with van der Waals surface area (Å²) in [5, 5.41) is 3.49. The fraction of sp³-hybridized carbons (Fsp3) is 0.600.